The molecule has 1 unspecified atom stereocenters. The maximum Gasteiger partial charge on any atom is 0.0992 e. The van der Waals surface area contributed by atoms with Crippen molar-refractivity contribution in [3.8, 4) is 6.07 Å². The largest absolute Gasteiger partial charge is 0.396 e. The Morgan fingerprint density at radius 2 is 2.28 bits per heavy atom. The van der Waals surface area contributed by atoms with Gasteiger partial charge in [-0.1, -0.05) is 15.9 Å². The van der Waals surface area contributed by atoms with E-state index in [0.29, 0.717) is 11.6 Å². The van der Waals surface area contributed by atoms with Crippen LogP contribution in [0.25, 0.3) is 0 Å². The molecule has 1 fully saturated rings. The molecule has 0 radical (unpaired) electrons. The van der Waals surface area contributed by atoms with E-state index in [4.69, 9.17) is 10.4 Å². The lowest BCUT2D eigenvalue weighted by Crippen LogP contribution is -2.29. The van der Waals surface area contributed by atoms with Crippen molar-refractivity contribution >= 4 is 21.6 Å². The molecule has 1 aliphatic rings. The van der Waals surface area contributed by atoms with Gasteiger partial charge in [0.1, 0.15) is 0 Å². The van der Waals surface area contributed by atoms with E-state index in [9.17, 15) is 0 Å². The number of anilines is 1. The van der Waals surface area contributed by atoms with Gasteiger partial charge in [-0.15, -0.1) is 0 Å². The van der Waals surface area contributed by atoms with Gasteiger partial charge in [0.25, 0.3) is 0 Å². The van der Waals surface area contributed by atoms with E-state index in [2.05, 4.69) is 33.0 Å². The van der Waals surface area contributed by atoms with E-state index in [1.165, 1.54) is 12.8 Å². The lowest BCUT2D eigenvalue weighted by Gasteiger charge is -2.27. The van der Waals surface area contributed by atoms with Gasteiger partial charge in [0.2, 0.25) is 0 Å². The van der Waals surface area contributed by atoms with E-state index in [0.717, 1.165) is 29.5 Å². The quantitative estimate of drug-likeness (QED) is 0.930. The van der Waals surface area contributed by atoms with Crippen molar-refractivity contribution in [2.75, 3.05) is 18.1 Å². The minimum absolute atomic E-state index is 0.256. The lowest BCUT2D eigenvalue weighted by molar-refractivity contribution is 0.279. The van der Waals surface area contributed by atoms with Crippen LogP contribution in [-0.2, 0) is 0 Å². The number of benzene rings is 1. The van der Waals surface area contributed by atoms with Crippen LogP contribution in [0.5, 0.6) is 0 Å². The number of halogens is 1. The zero-order valence-corrected chi connectivity index (χ0v) is 11.9. The standard InChI is InChI=1S/C14H17BrN2O/c15-12-7-11(10-16)8-14(9-12)17-5-1-3-13(17)4-2-6-18/h7-9,13,18H,1-6H2. The molecule has 0 bridgehead atoms. The first-order chi connectivity index (χ1) is 8.74. The van der Waals surface area contributed by atoms with E-state index < -0.39 is 0 Å². The summed E-state index contributed by atoms with van der Waals surface area (Å²) in [4.78, 5) is 2.36. The van der Waals surface area contributed by atoms with Gasteiger partial charge in [-0.3, -0.25) is 0 Å². The molecule has 1 aromatic rings. The maximum absolute atomic E-state index is 9.01. The molecule has 0 aliphatic carbocycles. The minimum atomic E-state index is 0.256. The third-order valence-corrected chi connectivity index (χ3v) is 3.87. The number of hydrogen-bond acceptors (Lipinski definition) is 3. The molecule has 0 spiro atoms. The molecule has 1 saturated heterocycles. The van der Waals surface area contributed by atoms with Crippen LogP contribution in [0.1, 0.15) is 31.2 Å². The molecule has 96 valence electrons. The molecule has 1 atom stereocenters. The molecule has 3 nitrogen and oxygen atoms in total. The third kappa shape index (κ3) is 3.04. The summed E-state index contributed by atoms with van der Waals surface area (Å²) in [6.45, 7) is 1.30. The van der Waals surface area contributed by atoms with E-state index in [-0.39, 0.29) is 6.61 Å². The summed E-state index contributed by atoms with van der Waals surface area (Å²) in [5.74, 6) is 0. The molecular formula is C14H17BrN2O. The van der Waals surface area contributed by atoms with Crippen LogP contribution in [0, 0.1) is 11.3 Å². The Morgan fingerprint density at radius 3 is 3.00 bits per heavy atom. The summed E-state index contributed by atoms with van der Waals surface area (Å²) in [7, 11) is 0. The van der Waals surface area contributed by atoms with Crippen LogP contribution in [0.3, 0.4) is 0 Å². The van der Waals surface area contributed by atoms with Gasteiger partial charge in [-0.25, -0.2) is 0 Å². The maximum atomic E-state index is 9.01. The van der Waals surface area contributed by atoms with Crippen LogP contribution < -0.4 is 4.90 Å². The first-order valence-corrected chi connectivity index (χ1v) is 7.12. The van der Waals surface area contributed by atoms with Crippen LogP contribution in [0.15, 0.2) is 22.7 Å². The summed E-state index contributed by atoms with van der Waals surface area (Å²) in [5, 5.41) is 18.0. The Morgan fingerprint density at radius 1 is 1.44 bits per heavy atom. The molecule has 0 amide bonds. The zero-order chi connectivity index (χ0) is 13.0. The van der Waals surface area contributed by atoms with Gasteiger partial charge < -0.3 is 10.0 Å². The van der Waals surface area contributed by atoms with Crippen molar-refractivity contribution in [3.05, 3.63) is 28.2 Å². The number of aliphatic hydroxyl groups is 1. The van der Waals surface area contributed by atoms with Gasteiger partial charge in [-0.2, -0.15) is 5.26 Å². The summed E-state index contributed by atoms with van der Waals surface area (Å²) in [6, 6.07) is 8.54. The van der Waals surface area contributed by atoms with E-state index >= 15 is 0 Å². The Balaban J connectivity index is 2.19. The monoisotopic (exact) mass is 308 g/mol. The Labute approximate surface area is 116 Å². The van der Waals surface area contributed by atoms with Gasteiger partial charge in [0.05, 0.1) is 11.6 Å². The van der Waals surface area contributed by atoms with Crippen molar-refractivity contribution in [2.24, 2.45) is 0 Å². The molecule has 1 aromatic carbocycles. The number of nitrogens with zero attached hydrogens (tertiary/aromatic N) is 2. The van der Waals surface area contributed by atoms with E-state index in [1.807, 2.05) is 12.1 Å². The smallest absolute Gasteiger partial charge is 0.0992 e. The van der Waals surface area contributed by atoms with Crippen LogP contribution in [0.2, 0.25) is 0 Å². The molecule has 1 N–H and O–H groups in total. The summed E-state index contributed by atoms with van der Waals surface area (Å²) in [5.41, 5.74) is 1.80. The minimum Gasteiger partial charge on any atom is -0.396 e. The van der Waals surface area contributed by atoms with Crippen molar-refractivity contribution in [1.82, 2.24) is 0 Å². The Bertz CT molecular complexity index is 456. The van der Waals surface area contributed by atoms with Gasteiger partial charge >= 0.3 is 0 Å². The van der Waals surface area contributed by atoms with Crippen LogP contribution >= 0.6 is 15.9 Å². The normalized spacial score (nSPS) is 18.9. The molecule has 1 heterocycles. The number of rotatable bonds is 4. The number of nitriles is 1. The second kappa shape index (κ2) is 6.21. The zero-order valence-electron chi connectivity index (χ0n) is 10.3. The second-order valence-corrected chi connectivity index (χ2v) is 5.58. The van der Waals surface area contributed by atoms with Gasteiger partial charge in [0.15, 0.2) is 0 Å². The average Bonchev–Trinajstić information content (AvgIpc) is 2.83. The fourth-order valence-corrected chi connectivity index (χ4v) is 3.09. The predicted octanol–water partition coefficient (Wildman–Crippen LogP) is 3.06. The van der Waals surface area contributed by atoms with Crippen molar-refractivity contribution in [3.63, 3.8) is 0 Å². The predicted molar refractivity (Wildman–Crippen MR) is 75.5 cm³/mol. The Hall–Kier alpha value is -1.05. The number of aliphatic hydroxyl groups excluding tert-OH is 1. The lowest BCUT2D eigenvalue weighted by atomic mass is 10.1. The first-order valence-electron chi connectivity index (χ1n) is 6.33. The summed E-state index contributed by atoms with van der Waals surface area (Å²) >= 11 is 3.46. The topological polar surface area (TPSA) is 47.3 Å². The molecule has 1 aliphatic heterocycles. The summed E-state index contributed by atoms with van der Waals surface area (Å²) < 4.78 is 0.948. The molecule has 18 heavy (non-hydrogen) atoms. The molecule has 0 aromatic heterocycles. The van der Waals surface area contributed by atoms with Gasteiger partial charge in [0, 0.05) is 29.4 Å². The Kier molecular flexibility index (Phi) is 4.62. The van der Waals surface area contributed by atoms with Crippen molar-refractivity contribution in [1.29, 1.82) is 5.26 Å². The highest BCUT2D eigenvalue weighted by Crippen LogP contribution is 2.30. The van der Waals surface area contributed by atoms with Crippen LogP contribution in [-0.4, -0.2) is 24.3 Å². The average molecular weight is 309 g/mol. The highest BCUT2D eigenvalue weighted by Gasteiger charge is 2.24. The second-order valence-electron chi connectivity index (χ2n) is 4.67. The molecule has 2 rings (SSSR count). The molecule has 4 heteroatoms. The third-order valence-electron chi connectivity index (χ3n) is 3.42. The fraction of sp³-hybridized carbons (Fsp3) is 0.500. The fourth-order valence-electron chi connectivity index (χ4n) is 2.61. The highest BCUT2D eigenvalue weighted by molar-refractivity contribution is 9.10. The van der Waals surface area contributed by atoms with E-state index in [1.54, 1.807) is 0 Å². The SMILES string of the molecule is N#Cc1cc(Br)cc(N2CCCC2CCCO)c1. The van der Waals surface area contributed by atoms with Crippen molar-refractivity contribution < 1.29 is 5.11 Å². The summed E-state index contributed by atoms with van der Waals surface area (Å²) in [6.07, 6.45) is 4.23. The molecular weight excluding hydrogens is 292 g/mol. The number of hydrogen-bond donors (Lipinski definition) is 1. The van der Waals surface area contributed by atoms with Gasteiger partial charge in [-0.05, 0) is 43.9 Å². The van der Waals surface area contributed by atoms with Crippen molar-refractivity contribution in [2.45, 2.75) is 31.7 Å². The molecule has 0 saturated carbocycles. The van der Waals surface area contributed by atoms with Crippen LogP contribution in [0.4, 0.5) is 5.69 Å². The highest BCUT2D eigenvalue weighted by atomic mass is 79.9. The first kappa shape index (κ1) is 13.4.